The summed E-state index contributed by atoms with van der Waals surface area (Å²) in [5.74, 6) is 2.21. The first-order valence-corrected chi connectivity index (χ1v) is 10.2. The Morgan fingerprint density at radius 2 is 2.00 bits per heavy atom. The average molecular weight is 386 g/mol. The Bertz CT molecular complexity index is 944. The lowest BCUT2D eigenvalue weighted by molar-refractivity contribution is 0.270. The van der Waals surface area contributed by atoms with Crippen molar-refractivity contribution in [3.05, 3.63) is 58.4 Å². The molecule has 1 saturated carbocycles. The molecule has 2 heterocycles. The first-order valence-electron chi connectivity index (χ1n) is 9.83. The highest BCUT2D eigenvalue weighted by Crippen LogP contribution is 2.43. The van der Waals surface area contributed by atoms with Gasteiger partial charge in [0.2, 0.25) is 5.95 Å². The molecule has 27 heavy (non-hydrogen) atoms. The van der Waals surface area contributed by atoms with Crippen LogP contribution in [0.3, 0.4) is 0 Å². The Hall–Kier alpha value is -1.94. The summed E-state index contributed by atoms with van der Waals surface area (Å²) in [6.45, 7) is 4.08. The van der Waals surface area contributed by atoms with Crippen LogP contribution in [0, 0.1) is 18.8 Å². The number of imidazole rings is 1. The van der Waals surface area contributed by atoms with E-state index in [2.05, 4.69) is 16.9 Å². The van der Waals surface area contributed by atoms with E-state index in [0.29, 0.717) is 23.3 Å². The Labute approximate surface area is 164 Å². The second-order valence-electron chi connectivity index (χ2n) is 7.73. The van der Waals surface area contributed by atoms with Gasteiger partial charge in [-0.1, -0.05) is 18.5 Å². The molecular weight excluding hydrogens is 361 g/mol. The fraction of sp³-hybridized carbons (Fsp3) is 0.455. The lowest BCUT2D eigenvalue weighted by atomic mass is 9.72. The number of nitrogens with one attached hydrogen (secondary N) is 1. The van der Waals surface area contributed by atoms with Crippen molar-refractivity contribution in [2.75, 3.05) is 0 Å². The number of hydrogen-bond acceptors (Lipinski definition) is 2. The van der Waals surface area contributed by atoms with Gasteiger partial charge in [0.25, 0.3) is 0 Å². The van der Waals surface area contributed by atoms with Crippen molar-refractivity contribution in [3.8, 4) is 0 Å². The maximum Gasteiger partial charge on any atom is 0.216 e. The lowest BCUT2D eigenvalue weighted by Gasteiger charge is -2.33. The molecule has 0 bridgehead atoms. The monoisotopic (exact) mass is 385 g/mol. The van der Waals surface area contributed by atoms with Crippen molar-refractivity contribution >= 4 is 22.6 Å². The number of H-pyrrole nitrogens is 1. The van der Waals surface area contributed by atoms with Crippen LogP contribution in [0.4, 0.5) is 4.39 Å². The predicted octanol–water partition coefficient (Wildman–Crippen LogP) is 6.53. The van der Waals surface area contributed by atoms with Crippen LogP contribution in [0.25, 0.3) is 11.0 Å². The van der Waals surface area contributed by atoms with Gasteiger partial charge in [-0.3, -0.25) is 0 Å². The molecule has 1 aliphatic carbocycles. The van der Waals surface area contributed by atoms with Gasteiger partial charge >= 0.3 is 0 Å². The fourth-order valence-electron chi connectivity index (χ4n) is 4.73. The molecule has 0 spiro atoms. The molecule has 1 atom stereocenters. The van der Waals surface area contributed by atoms with Gasteiger partial charge in [-0.2, -0.15) is 4.39 Å². The maximum absolute atomic E-state index is 13.8. The van der Waals surface area contributed by atoms with Gasteiger partial charge in [-0.05, 0) is 80.7 Å². The minimum atomic E-state index is -0.331. The van der Waals surface area contributed by atoms with E-state index in [1.165, 1.54) is 0 Å². The zero-order chi connectivity index (χ0) is 19.0. The van der Waals surface area contributed by atoms with Crippen molar-refractivity contribution < 1.29 is 4.39 Å². The van der Waals surface area contributed by atoms with Gasteiger partial charge in [0.05, 0.1) is 11.0 Å². The third kappa shape index (κ3) is 3.60. The van der Waals surface area contributed by atoms with Crippen LogP contribution in [0.5, 0.6) is 0 Å². The number of hydrogen-bond donors (Lipinski definition) is 1. The third-order valence-corrected chi connectivity index (χ3v) is 6.45. The minimum absolute atomic E-state index is 0.331. The van der Waals surface area contributed by atoms with Gasteiger partial charge < -0.3 is 4.98 Å². The third-order valence-electron chi connectivity index (χ3n) is 6.22. The highest BCUT2D eigenvalue weighted by atomic mass is 35.5. The molecular formula is C22H25ClFN3. The zero-order valence-corrected chi connectivity index (χ0v) is 16.6. The molecule has 3 aromatic rings. The summed E-state index contributed by atoms with van der Waals surface area (Å²) < 4.78 is 13.8. The van der Waals surface area contributed by atoms with Gasteiger partial charge in [0.15, 0.2) is 0 Å². The molecule has 1 unspecified atom stereocenters. The van der Waals surface area contributed by atoms with Crippen LogP contribution in [0.1, 0.15) is 67.8 Å². The Balaban J connectivity index is 1.50. The largest absolute Gasteiger partial charge is 0.342 e. The molecule has 0 aliphatic heterocycles. The molecule has 0 saturated heterocycles. The molecule has 5 heteroatoms. The smallest absolute Gasteiger partial charge is 0.216 e. The molecule has 0 radical (unpaired) electrons. The second kappa shape index (κ2) is 7.59. The van der Waals surface area contributed by atoms with E-state index in [9.17, 15) is 4.39 Å². The fourth-order valence-corrected chi connectivity index (χ4v) is 4.90. The SMILES string of the molecule is CCC(c1nc2ccc(Cl)cc2[nH]1)[C@H]1CC[C@@H](c2ccnc(F)c2C)CC1. The summed E-state index contributed by atoms with van der Waals surface area (Å²) in [6.07, 6.45) is 7.13. The van der Waals surface area contributed by atoms with E-state index in [4.69, 9.17) is 16.6 Å². The van der Waals surface area contributed by atoms with Gasteiger partial charge in [-0.15, -0.1) is 0 Å². The first-order chi connectivity index (χ1) is 13.1. The Kier molecular flexibility index (Phi) is 5.18. The predicted molar refractivity (Wildman–Crippen MR) is 108 cm³/mol. The zero-order valence-electron chi connectivity index (χ0n) is 15.8. The van der Waals surface area contributed by atoms with E-state index in [-0.39, 0.29) is 5.95 Å². The maximum atomic E-state index is 13.8. The second-order valence-corrected chi connectivity index (χ2v) is 8.16. The van der Waals surface area contributed by atoms with Crippen LogP contribution in [0.15, 0.2) is 30.5 Å². The first kappa shape index (κ1) is 18.4. The summed E-state index contributed by atoms with van der Waals surface area (Å²) in [5.41, 5.74) is 3.83. The standard InChI is InChI=1S/C22H25ClFN3/c1-3-17(22-26-19-9-8-16(23)12-20(19)27-22)14-4-6-15(7-5-14)18-10-11-25-21(24)13(18)2/h8-12,14-15,17H,3-7H2,1-2H3,(H,26,27)/t14-,15+,17?. The molecule has 1 N–H and O–H groups in total. The van der Waals surface area contributed by atoms with E-state index in [1.807, 2.05) is 31.2 Å². The Morgan fingerprint density at radius 3 is 2.74 bits per heavy atom. The van der Waals surface area contributed by atoms with Crippen molar-refractivity contribution in [1.82, 2.24) is 15.0 Å². The van der Waals surface area contributed by atoms with Crippen molar-refractivity contribution in [2.24, 2.45) is 5.92 Å². The summed E-state index contributed by atoms with van der Waals surface area (Å²) in [6, 6.07) is 7.79. The van der Waals surface area contributed by atoms with Crippen molar-refractivity contribution in [2.45, 2.75) is 57.8 Å². The molecule has 142 valence electrons. The Morgan fingerprint density at radius 1 is 1.22 bits per heavy atom. The van der Waals surface area contributed by atoms with E-state index in [1.54, 1.807) is 6.20 Å². The normalized spacial score (nSPS) is 21.5. The molecule has 1 aromatic carbocycles. The number of fused-ring (bicyclic) bond motifs is 1. The number of aromatic nitrogens is 3. The van der Waals surface area contributed by atoms with Gasteiger partial charge in [-0.25, -0.2) is 9.97 Å². The van der Waals surface area contributed by atoms with Crippen LogP contribution in [-0.2, 0) is 0 Å². The molecule has 0 amide bonds. The molecule has 1 aliphatic rings. The average Bonchev–Trinajstić information content (AvgIpc) is 3.08. The molecule has 1 fully saturated rings. The lowest BCUT2D eigenvalue weighted by Crippen LogP contribution is -2.21. The quantitative estimate of drug-likeness (QED) is 0.519. The van der Waals surface area contributed by atoms with Crippen LogP contribution < -0.4 is 0 Å². The molecule has 2 aromatic heterocycles. The number of benzene rings is 1. The summed E-state index contributed by atoms with van der Waals surface area (Å²) in [7, 11) is 0. The van der Waals surface area contributed by atoms with Gasteiger partial charge in [0.1, 0.15) is 5.82 Å². The van der Waals surface area contributed by atoms with Crippen molar-refractivity contribution in [1.29, 1.82) is 0 Å². The van der Waals surface area contributed by atoms with Gasteiger partial charge in [0, 0.05) is 22.7 Å². The highest BCUT2D eigenvalue weighted by molar-refractivity contribution is 6.31. The van der Waals surface area contributed by atoms with Crippen LogP contribution >= 0.6 is 11.6 Å². The minimum Gasteiger partial charge on any atom is -0.342 e. The van der Waals surface area contributed by atoms with Crippen molar-refractivity contribution in [3.63, 3.8) is 0 Å². The highest BCUT2D eigenvalue weighted by Gasteiger charge is 2.30. The number of nitrogens with zero attached hydrogens (tertiary/aromatic N) is 2. The molecule has 4 rings (SSSR count). The summed E-state index contributed by atoms with van der Waals surface area (Å²) in [5, 5.41) is 0.728. The summed E-state index contributed by atoms with van der Waals surface area (Å²) in [4.78, 5) is 12.1. The van der Waals surface area contributed by atoms with E-state index >= 15 is 0 Å². The van der Waals surface area contributed by atoms with E-state index in [0.717, 1.165) is 59.5 Å². The topological polar surface area (TPSA) is 41.6 Å². The number of halogens is 2. The van der Waals surface area contributed by atoms with E-state index < -0.39 is 0 Å². The van der Waals surface area contributed by atoms with Crippen LogP contribution in [0.2, 0.25) is 5.02 Å². The molecule has 3 nitrogen and oxygen atoms in total. The number of aromatic amines is 1. The number of rotatable bonds is 4. The summed E-state index contributed by atoms with van der Waals surface area (Å²) >= 11 is 6.11. The van der Waals surface area contributed by atoms with Crippen LogP contribution in [-0.4, -0.2) is 15.0 Å². The number of pyridine rings is 1.